The van der Waals surface area contributed by atoms with Gasteiger partial charge in [-0.3, -0.25) is 0 Å². The number of hydrogen-bond acceptors (Lipinski definition) is 1. The molecule has 0 amide bonds. The molecule has 15 heavy (non-hydrogen) atoms. The van der Waals surface area contributed by atoms with Crippen LogP contribution >= 0.6 is 39.3 Å². The lowest BCUT2D eigenvalue weighted by Gasteiger charge is -2.12. The van der Waals surface area contributed by atoms with Gasteiger partial charge >= 0.3 is 0 Å². The summed E-state index contributed by atoms with van der Waals surface area (Å²) in [5.41, 5.74) is 1.03. The smallest absolute Gasteiger partial charge is 0.124 e. The Morgan fingerprint density at radius 2 is 2.20 bits per heavy atom. The number of benzene rings is 1. The average Bonchev–Trinajstić information content (AvgIpc) is 2.50. The fraction of sp³-hybridized carbons (Fsp3) is 0.455. The molecule has 1 fully saturated rings. The van der Waals surface area contributed by atoms with E-state index in [-0.39, 0.29) is 11.2 Å². The van der Waals surface area contributed by atoms with Crippen molar-refractivity contribution in [3.63, 3.8) is 0 Å². The predicted molar refractivity (Wildman–Crippen MR) is 68.3 cm³/mol. The lowest BCUT2D eigenvalue weighted by molar-refractivity contribution is 0.591. The Labute approximate surface area is 107 Å². The van der Waals surface area contributed by atoms with Crippen LogP contribution in [0.1, 0.15) is 5.56 Å². The highest BCUT2D eigenvalue weighted by atomic mass is 79.9. The van der Waals surface area contributed by atoms with Gasteiger partial charge < -0.3 is 0 Å². The highest BCUT2D eigenvalue weighted by molar-refractivity contribution is 9.10. The Morgan fingerprint density at radius 3 is 2.80 bits per heavy atom. The normalized spacial score (nSPS) is 25.8. The van der Waals surface area contributed by atoms with Crippen LogP contribution in [0.5, 0.6) is 0 Å². The average molecular weight is 310 g/mol. The molecule has 1 aromatic carbocycles. The highest BCUT2D eigenvalue weighted by Gasteiger charge is 2.25. The number of thioether (sulfide) groups is 1. The van der Waals surface area contributed by atoms with Crippen LogP contribution in [0.4, 0.5) is 4.39 Å². The minimum absolute atomic E-state index is 0.184. The molecule has 0 N–H and O–H groups in total. The molecule has 2 rings (SSSR count). The molecule has 1 aliphatic rings. The summed E-state index contributed by atoms with van der Waals surface area (Å²) >= 11 is 11.4. The van der Waals surface area contributed by atoms with Gasteiger partial charge in [0.2, 0.25) is 0 Å². The minimum atomic E-state index is -0.184. The van der Waals surface area contributed by atoms with E-state index in [1.165, 1.54) is 6.07 Å². The zero-order chi connectivity index (χ0) is 10.8. The Balaban J connectivity index is 2.10. The lowest BCUT2D eigenvalue weighted by Crippen LogP contribution is -2.14. The molecule has 0 aromatic heterocycles. The van der Waals surface area contributed by atoms with Crippen LogP contribution in [-0.4, -0.2) is 16.9 Å². The first-order chi connectivity index (χ1) is 7.15. The molecule has 4 heteroatoms. The van der Waals surface area contributed by atoms with Gasteiger partial charge in [-0.05, 0) is 41.9 Å². The second-order valence-corrected chi connectivity index (χ2v) is 6.35. The first-order valence-electron chi connectivity index (χ1n) is 4.82. The molecule has 1 aromatic rings. The van der Waals surface area contributed by atoms with Gasteiger partial charge in [0.05, 0.1) is 0 Å². The summed E-state index contributed by atoms with van der Waals surface area (Å²) in [6.45, 7) is 0. The van der Waals surface area contributed by atoms with Gasteiger partial charge in [-0.15, -0.1) is 11.6 Å². The standard InChI is InChI=1S/C11H11BrClFS/c12-9-2-7(3-10(14)4-9)1-8-5-15-6-11(8)13/h2-4,8,11H,1,5-6H2. The fourth-order valence-corrected chi connectivity index (χ4v) is 4.14. The summed E-state index contributed by atoms with van der Waals surface area (Å²) in [5.74, 6) is 2.40. The van der Waals surface area contributed by atoms with E-state index in [0.29, 0.717) is 5.92 Å². The summed E-state index contributed by atoms with van der Waals surface area (Å²) < 4.78 is 13.9. The van der Waals surface area contributed by atoms with E-state index in [4.69, 9.17) is 11.6 Å². The lowest BCUT2D eigenvalue weighted by atomic mass is 9.98. The molecule has 0 aliphatic carbocycles. The van der Waals surface area contributed by atoms with Crippen molar-refractivity contribution in [3.05, 3.63) is 34.1 Å². The molecule has 1 aliphatic heterocycles. The Morgan fingerprint density at radius 1 is 1.40 bits per heavy atom. The molecule has 0 saturated carbocycles. The van der Waals surface area contributed by atoms with E-state index in [9.17, 15) is 4.39 Å². The van der Waals surface area contributed by atoms with Crippen molar-refractivity contribution in [2.45, 2.75) is 11.8 Å². The van der Waals surface area contributed by atoms with E-state index in [0.717, 1.165) is 28.0 Å². The molecule has 0 bridgehead atoms. The Bertz CT molecular complexity index is 338. The zero-order valence-electron chi connectivity index (χ0n) is 8.05. The maximum absolute atomic E-state index is 13.1. The van der Waals surface area contributed by atoms with Crippen LogP contribution in [0.2, 0.25) is 0 Å². The van der Waals surface area contributed by atoms with Crippen molar-refractivity contribution < 1.29 is 4.39 Å². The fourth-order valence-electron chi connectivity index (χ4n) is 1.79. The third kappa shape index (κ3) is 3.11. The third-order valence-electron chi connectivity index (χ3n) is 2.54. The molecule has 0 nitrogen and oxygen atoms in total. The van der Waals surface area contributed by atoms with Crippen molar-refractivity contribution in [1.29, 1.82) is 0 Å². The molecule has 0 radical (unpaired) electrons. The molecule has 1 saturated heterocycles. The topological polar surface area (TPSA) is 0 Å². The van der Waals surface area contributed by atoms with Gasteiger partial charge in [0.25, 0.3) is 0 Å². The minimum Gasteiger partial charge on any atom is -0.207 e. The molecule has 2 unspecified atom stereocenters. The molecule has 82 valence electrons. The van der Waals surface area contributed by atoms with Crippen LogP contribution in [0, 0.1) is 11.7 Å². The van der Waals surface area contributed by atoms with Crippen LogP contribution in [0.15, 0.2) is 22.7 Å². The van der Waals surface area contributed by atoms with E-state index in [1.54, 1.807) is 6.07 Å². The van der Waals surface area contributed by atoms with Crippen molar-refractivity contribution in [3.8, 4) is 0 Å². The van der Waals surface area contributed by atoms with Crippen LogP contribution in [0.25, 0.3) is 0 Å². The van der Waals surface area contributed by atoms with Gasteiger partial charge in [-0.2, -0.15) is 11.8 Å². The van der Waals surface area contributed by atoms with E-state index >= 15 is 0 Å². The van der Waals surface area contributed by atoms with Gasteiger partial charge in [-0.25, -0.2) is 4.39 Å². The van der Waals surface area contributed by atoms with Crippen molar-refractivity contribution in [2.75, 3.05) is 11.5 Å². The van der Waals surface area contributed by atoms with E-state index in [2.05, 4.69) is 15.9 Å². The zero-order valence-corrected chi connectivity index (χ0v) is 11.2. The largest absolute Gasteiger partial charge is 0.207 e. The summed E-state index contributed by atoms with van der Waals surface area (Å²) in [6.07, 6.45) is 0.873. The van der Waals surface area contributed by atoms with Crippen molar-refractivity contribution in [2.24, 2.45) is 5.92 Å². The second kappa shape index (κ2) is 5.07. The maximum atomic E-state index is 13.1. The van der Waals surface area contributed by atoms with Crippen molar-refractivity contribution in [1.82, 2.24) is 0 Å². The van der Waals surface area contributed by atoms with Crippen LogP contribution < -0.4 is 0 Å². The van der Waals surface area contributed by atoms with Crippen LogP contribution in [-0.2, 0) is 6.42 Å². The first kappa shape index (κ1) is 11.7. The van der Waals surface area contributed by atoms with Crippen molar-refractivity contribution >= 4 is 39.3 Å². The second-order valence-electron chi connectivity index (χ2n) is 3.80. The van der Waals surface area contributed by atoms with Gasteiger partial charge in [0.15, 0.2) is 0 Å². The number of halogens is 3. The summed E-state index contributed by atoms with van der Waals surface area (Å²) in [5, 5.41) is 0.233. The molecule has 0 spiro atoms. The molecular formula is C11H11BrClFS. The highest BCUT2D eigenvalue weighted by Crippen LogP contribution is 2.31. The number of hydrogen-bond donors (Lipinski definition) is 0. The Hall–Kier alpha value is 0.270. The predicted octanol–water partition coefficient (Wildman–Crippen LogP) is 4.10. The van der Waals surface area contributed by atoms with E-state index < -0.39 is 0 Å². The molecule has 2 atom stereocenters. The quantitative estimate of drug-likeness (QED) is 0.741. The van der Waals surface area contributed by atoms with Gasteiger partial charge in [-0.1, -0.05) is 15.9 Å². The summed E-state index contributed by atoms with van der Waals surface area (Å²) in [7, 11) is 0. The molecular weight excluding hydrogens is 299 g/mol. The number of alkyl halides is 1. The van der Waals surface area contributed by atoms with Gasteiger partial charge in [0.1, 0.15) is 5.82 Å². The number of rotatable bonds is 2. The summed E-state index contributed by atoms with van der Waals surface area (Å²) in [6, 6.07) is 5.04. The monoisotopic (exact) mass is 308 g/mol. The third-order valence-corrected chi connectivity index (χ3v) is 4.95. The molecule has 1 heterocycles. The van der Waals surface area contributed by atoms with Crippen LogP contribution in [0.3, 0.4) is 0 Å². The van der Waals surface area contributed by atoms with Gasteiger partial charge in [0, 0.05) is 15.6 Å². The maximum Gasteiger partial charge on any atom is 0.124 e. The summed E-state index contributed by atoms with van der Waals surface area (Å²) in [4.78, 5) is 0. The first-order valence-corrected chi connectivity index (χ1v) is 7.20. The van der Waals surface area contributed by atoms with E-state index in [1.807, 2.05) is 17.8 Å². The Kier molecular flexibility index (Phi) is 3.97. The SMILES string of the molecule is Fc1cc(Br)cc(CC2CSCC2Cl)c1.